The molecule has 0 aliphatic carbocycles. The Morgan fingerprint density at radius 2 is 1.10 bits per heavy atom. The molecule has 0 saturated heterocycles. The van der Waals surface area contributed by atoms with Gasteiger partial charge in [-0.1, -0.05) is 64.1 Å². The van der Waals surface area contributed by atoms with Crippen LogP contribution in [0.15, 0.2) is 72.8 Å². The largest absolute Gasteiger partial charge is 0.497 e. The molecule has 4 rings (SSSR count). The molecule has 0 bridgehead atoms. The van der Waals surface area contributed by atoms with Crippen LogP contribution in [-0.4, -0.2) is 19.3 Å². The van der Waals surface area contributed by atoms with Crippen molar-refractivity contribution in [3.05, 3.63) is 107 Å². The molecule has 0 saturated carbocycles. The van der Waals surface area contributed by atoms with Crippen molar-refractivity contribution in [2.75, 3.05) is 14.2 Å². The van der Waals surface area contributed by atoms with Crippen LogP contribution in [0.2, 0.25) is 0 Å². The fourth-order valence-electron chi connectivity index (χ4n) is 4.89. The van der Waals surface area contributed by atoms with E-state index in [0.717, 1.165) is 46.2 Å². The Morgan fingerprint density at radius 3 is 1.48 bits per heavy atom. The minimum Gasteiger partial charge on any atom is -0.497 e. The van der Waals surface area contributed by atoms with Crippen molar-refractivity contribution in [3.63, 3.8) is 0 Å². The average molecular weight is 635 g/mol. The standard InChI is InChI=1S/C18H20ClFO.C18H21FO2.7H2/c1-12(2)8-14-9-13(11-19)4-6-16(14)17-10-15(21-3)5-7-18(17)20;1-12(2)8-14-9-13(11-20)4-6-16(14)17-10-15(21-3)5-7-18(17)19;;;;;;;/h4-7,9-10,12H,8,11H2,1-3H3;4-7,9-10,12,20H,8,11H2,1-3H3;7*1H/i;;6*1+2T;1+2. The molecular weight excluding hydrogens is 554 g/mol. The van der Waals surface area contributed by atoms with Gasteiger partial charge in [-0.3, -0.25) is 0 Å². The lowest BCUT2D eigenvalue weighted by molar-refractivity contribution is 0.281. The van der Waals surface area contributed by atoms with Crippen molar-refractivity contribution < 1.29 is 42.6 Å². The van der Waals surface area contributed by atoms with Crippen LogP contribution in [0.25, 0.3) is 22.3 Å². The summed E-state index contributed by atoms with van der Waals surface area (Å²) in [7, 11) is 3.16. The number of aliphatic hydroxyl groups excluding tert-OH is 1. The van der Waals surface area contributed by atoms with Gasteiger partial charge in [0.1, 0.15) is 23.1 Å². The summed E-state index contributed by atoms with van der Waals surface area (Å²) in [6.45, 7) is 8.54. The fraction of sp³-hybridized carbons (Fsp3) is 0.333. The van der Waals surface area contributed by atoms with Crippen molar-refractivity contribution >= 4 is 11.6 Å². The van der Waals surface area contributed by atoms with Crippen LogP contribution in [-0.2, 0) is 25.3 Å². The zero-order valence-electron chi connectivity index (χ0n) is 37.3. The molecule has 1 N–H and O–H groups in total. The predicted octanol–water partition coefficient (Wildman–Crippen LogP) is 11.4. The van der Waals surface area contributed by atoms with Crippen LogP contribution in [0.3, 0.4) is 0 Å². The highest BCUT2D eigenvalue weighted by Crippen LogP contribution is 2.33. The SMILES string of the molecule is COc1ccc(F)c(-c2ccc(CCl)cc2CC(C)C)c1.COc1ccc(F)c(-c2ccc(CO)cc2CC(C)C)c1.[3HH].[3H][3H].[3H][3H].[3H][3H].[3H][3H].[3H][3H].[3H][3H]. The summed E-state index contributed by atoms with van der Waals surface area (Å²) in [5, 5.41) is 9.30. The van der Waals surface area contributed by atoms with Crippen LogP contribution in [0.4, 0.5) is 8.78 Å². The first-order chi connectivity index (χ1) is 26.1. The van der Waals surface area contributed by atoms with E-state index in [9.17, 15) is 13.9 Å². The minimum absolute atomic E-state index is 0. The van der Waals surface area contributed by atoms with Crippen molar-refractivity contribution in [2.24, 2.45) is 11.8 Å². The zero-order chi connectivity index (χ0) is 42.8. The molecule has 0 aliphatic heterocycles. The smallest absolute Gasteiger partial charge is 0.131 e. The second-order valence-corrected chi connectivity index (χ2v) is 11.4. The Balaban J connectivity index is -0.000000235. The van der Waals surface area contributed by atoms with E-state index in [1.807, 2.05) is 30.3 Å². The summed E-state index contributed by atoms with van der Waals surface area (Å²) in [6, 6.07) is 21.2. The normalized spacial score (nSPS) is 12.1. The van der Waals surface area contributed by atoms with Gasteiger partial charge in [0, 0.05) is 36.3 Å². The molecule has 0 spiro atoms. The first-order valence-corrected chi connectivity index (χ1v) is 14.7. The molecule has 42 heavy (non-hydrogen) atoms. The molecule has 0 radical (unpaired) electrons. The Hall–Kier alpha value is -3.41. The number of alkyl halides is 1. The minimum atomic E-state index is -0.266. The summed E-state index contributed by atoms with van der Waals surface area (Å²) < 4.78 is 98.8. The molecule has 0 aliphatic rings. The number of aliphatic hydroxyl groups is 1. The number of benzene rings is 4. The average Bonchev–Trinajstić information content (AvgIpc) is 3.22. The fourth-order valence-corrected chi connectivity index (χ4v) is 5.06. The van der Waals surface area contributed by atoms with E-state index in [1.165, 1.54) is 12.1 Å². The van der Waals surface area contributed by atoms with E-state index in [1.54, 1.807) is 38.5 Å². The third-order valence-corrected chi connectivity index (χ3v) is 7.17. The summed E-state index contributed by atoms with van der Waals surface area (Å²) in [5.74, 6) is 2.19. The van der Waals surface area contributed by atoms with E-state index < -0.39 is 0 Å². The lowest BCUT2D eigenvalue weighted by atomic mass is 9.92. The van der Waals surface area contributed by atoms with Gasteiger partial charge in [0.05, 0.1) is 20.8 Å². The molecule has 4 aromatic rings. The molecule has 0 atom stereocenters. The summed E-state index contributed by atoms with van der Waals surface area (Å²) in [4.78, 5) is 0. The third kappa shape index (κ3) is 8.80. The van der Waals surface area contributed by atoms with Crippen LogP contribution < -0.4 is 9.47 Å². The van der Waals surface area contributed by atoms with E-state index in [0.29, 0.717) is 40.3 Å². The second kappa shape index (κ2) is 15.7. The number of ether oxygens (including phenoxy) is 2. The van der Waals surface area contributed by atoms with E-state index in [4.69, 9.17) is 38.9 Å². The molecule has 0 unspecified atom stereocenters. The van der Waals surface area contributed by atoms with Gasteiger partial charge in [-0.05, 0) is 94.5 Å². The molecule has 0 amide bonds. The van der Waals surface area contributed by atoms with Crippen molar-refractivity contribution in [1.82, 2.24) is 0 Å². The van der Waals surface area contributed by atoms with Gasteiger partial charge in [-0.2, -0.15) is 0 Å². The molecule has 238 valence electrons. The molecule has 0 aromatic heterocycles. The third-order valence-electron chi connectivity index (χ3n) is 6.86. The van der Waals surface area contributed by atoms with Gasteiger partial charge >= 0.3 is 0 Å². The van der Waals surface area contributed by atoms with Crippen LogP contribution in [0, 0.1) is 23.5 Å². The molecule has 4 aromatic carbocycles. The Kier molecular flexibility index (Phi) is 9.40. The van der Waals surface area contributed by atoms with Gasteiger partial charge in [0.15, 0.2) is 0 Å². The second-order valence-electron chi connectivity index (χ2n) is 11.2. The maximum absolute atomic E-state index is 14.2. The molecule has 0 heterocycles. The molecule has 0 fully saturated rings. The van der Waals surface area contributed by atoms with E-state index >= 15 is 0 Å². The van der Waals surface area contributed by atoms with Crippen LogP contribution in [0.1, 0.15) is 69.2 Å². The number of halogens is 3. The highest BCUT2D eigenvalue weighted by Gasteiger charge is 2.14. The zero-order valence-corrected chi connectivity index (χ0v) is 26.1. The Bertz CT molecular complexity index is 1400. The lowest BCUT2D eigenvalue weighted by Crippen LogP contribution is -2.00. The Labute approximate surface area is 274 Å². The van der Waals surface area contributed by atoms with Gasteiger partial charge in [-0.15, -0.1) is 11.6 Å². The van der Waals surface area contributed by atoms with Crippen molar-refractivity contribution in [1.29, 1.82) is 0 Å². The topological polar surface area (TPSA) is 38.7 Å². The van der Waals surface area contributed by atoms with E-state index in [2.05, 4.69) is 33.8 Å². The van der Waals surface area contributed by atoms with E-state index in [-0.39, 0.29) is 19.7 Å². The van der Waals surface area contributed by atoms with Gasteiger partial charge in [0.2, 0.25) is 0 Å². The first-order valence-electron chi connectivity index (χ1n) is 20.2. The Morgan fingerprint density at radius 1 is 0.667 bits per heavy atom. The maximum atomic E-state index is 14.2. The van der Waals surface area contributed by atoms with Gasteiger partial charge in [-0.25, -0.2) is 8.78 Å². The van der Waals surface area contributed by atoms with Gasteiger partial charge in [0.25, 0.3) is 0 Å². The lowest BCUT2D eigenvalue weighted by Gasteiger charge is -2.15. The van der Waals surface area contributed by atoms with Gasteiger partial charge < -0.3 is 14.6 Å². The molecule has 3 nitrogen and oxygen atoms in total. The monoisotopic (exact) mass is 634 g/mol. The summed E-state index contributed by atoms with van der Waals surface area (Å²) in [5.41, 5.74) is 6.95. The van der Waals surface area contributed by atoms with Crippen molar-refractivity contribution in [3.8, 4) is 33.8 Å². The number of rotatable bonds is 10. The number of methoxy groups -OCH3 is 2. The van der Waals surface area contributed by atoms with Crippen LogP contribution in [0.5, 0.6) is 11.5 Å². The molecular formula is C36H55ClF2O3. The molecule has 6 heteroatoms. The quantitative estimate of drug-likeness (QED) is 0.176. The number of hydrogen-bond acceptors (Lipinski definition) is 3. The van der Waals surface area contributed by atoms with Crippen molar-refractivity contribution in [2.45, 2.75) is 53.0 Å². The highest BCUT2D eigenvalue weighted by molar-refractivity contribution is 6.17. The maximum Gasteiger partial charge on any atom is 0.131 e. The summed E-state index contributed by atoms with van der Waals surface area (Å²) >= 11 is 5.92. The first kappa shape index (κ1) is 25.1. The van der Waals surface area contributed by atoms with Crippen LogP contribution >= 0.6 is 11.6 Å². The number of hydrogen-bond donors (Lipinski definition) is 1. The highest BCUT2D eigenvalue weighted by atomic mass is 35.5. The predicted molar refractivity (Wildman–Crippen MR) is 184 cm³/mol. The summed E-state index contributed by atoms with van der Waals surface area (Å²) in [6.07, 6.45) is 1.72.